The molecule has 1 aliphatic rings. The maximum Gasteiger partial charge on any atom is 0.255 e. The van der Waals surface area contributed by atoms with Crippen LogP contribution in [0.1, 0.15) is 41.7 Å². The summed E-state index contributed by atoms with van der Waals surface area (Å²) in [5.74, 6) is -0.297. The van der Waals surface area contributed by atoms with Gasteiger partial charge >= 0.3 is 0 Å². The number of rotatable bonds is 6. The quantitative estimate of drug-likeness (QED) is 0.732. The first-order valence-corrected chi connectivity index (χ1v) is 9.19. The van der Waals surface area contributed by atoms with E-state index in [4.69, 9.17) is 10.5 Å². The highest BCUT2D eigenvalue weighted by molar-refractivity contribution is 6.04. The van der Waals surface area contributed by atoms with Gasteiger partial charge in [-0.2, -0.15) is 0 Å². The van der Waals surface area contributed by atoms with Gasteiger partial charge in [-0.25, -0.2) is 0 Å². The minimum absolute atomic E-state index is 0.0346. The van der Waals surface area contributed by atoms with Gasteiger partial charge < -0.3 is 21.1 Å². The second-order valence-electron chi connectivity index (χ2n) is 6.74. The maximum atomic E-state index is 12.4. The van der Waals surface area contributed by atoms with Crippen molar-refractivity contribution in [3.05, 3.63) is 65.7 Å². The zero-order valence-electron chi connectivity index (χ0n) is 15.4. The summed E-state index contributed by atoms with van der Waals surface area (Å²) in [6.07, 6.45) is 1.02. The average molecular weight is 367 g/mol. The van der Waals surface area contributed by atoms with E-state index in [0.29, 0.717) is 24.2 Å². The number of hydrogen-bond donors (Lipinski definition) is 3. The van der Waals surface area contributed by atoms with Gasteiger partial charge in [0, 0.05) is 17.8 Å². The van der Waals surface area contributed by atoms with Crippen molar-refractivity contribution >= 4 is 17.5 Å². The van der Waals surface area contributed by atoms with Gasteiger partial charge in [0.2, 0.25) is 5.91 Å². The Balaban J connectivity index is 1.61. The Hall–Kier alpha value is -2.70. The third kappa shape index (κ3) is 4.93. The molecule has 3 atom stereocenters. The first kappa shape index (κ1) is 19.1. The lowest BCUT2D eigenvalue weighted by Gasteiger charge is -2.18. The molecule has 4 N–H and O–H groups in total. The molecule has 142 valence electrons. The molecule has 1 aliphatic heterocycles. The Bertz CT molecular complexity index is 794. The van der Waals surface area contributed by atoms with E-state index in [1.807, 2.05) is 49.4 Å². The van der Waals surface area contributed by atoms with Crippen LogP contribution in [0.25, 0.3) is 0 Å². The Morgan fingerprint density at radius 3 is 2.63 bits per heavy atom. The second kappa shape index (κ2) is 8.79. The standard InChI is InChI=1S/C21H25N3O3/c1-14(23-21(26)19-11-10-18(13-22)27-19)16-8-5-9-17(12-16)24-20(25)15-6-3-2-4-7-15/h2-9,12,14,18-19H,10-11,13,22H2,1H3,(H,23,26)(H,24,25)/t14?,18-,19+/m1/s1. The molecule has 27 heavy (non-hydrogen) atoms. The van der Waals surface area contributed by atoms with Gasteiger partial charge in [-0.15, -0.1) is 0 Å². The van der Waals surface area contributed by atoms with E-state index in [1.165, 1.54) is 0 Å². The molecular weight excluding hydrogens is 342 g/mol. The Morgan fingerprint density at radius 2 is 1.93 bits per heavy atom. The third-order valence-corrected chi connectivity index (χ3v) is 4.70. The lowest BCUT2D eigenvalue weighted by Crippen LogP contribution is -2.37. The number of benzene rings is 2. The summed E-state index contributed by atoms with van der Waals surface area (Å²) >= 11 is 0. The van der Waals surface area contributed by atoms with E-state index in [2.05, 4.69) is 10.6 Å². The van der Waals surface area contributed by atoms with Crippen LogP contribution in [-0.4, -0.2) is 30.6 Å². The first-order chi connectivity index (χ1) is 13.1. The molecule has 0 aliphatic carbocycles. The molecular formula is C21H25N3O3. The van der Waals surface area contributed by atoms with E-state index in [-0.39, 0.29) is 24.0 Å². The molecule has 2 aromatic rings. The van der Waals surface area contributed by atoms with Crippen molar-refractivity contribution in [2.75, 3.05) is 11.9 Å². The summed E-state index contributed by atoms with van der Waals surface area (Å²) in [5, 5.41) is 5.86. The maximum absolute atomic E-state index is 12.4. The highest BCUT2D eigenvalue weighted by atomic mass is 16.5. The molecule has 6 nitrogen and oxygen atoms in total. The molecule has 1 unspecified atom stereocenters. The molecule has 3 rings (SSSR count). The van der Waals surface area contributed by atoms with E-state index < -0.39 is 6.10 Å². The van der Waals surface area contributed by atoms with Crippen LogP contribution in [0.2, 0.25) is 0 Å². The van der Waals surface area contributed by atoms with E-state index in [9.17, 15) is 9.59 Å². The van der Waals surface area contributed by atoms with Crippen LogP contribution in [-0.2, 0) is 9.53 Å². The number of nitrogens with one attached hydrogen (secondary N) is 2. The topological polar surface area (TPSA) is 93.5 Å². The van der Waals surface area contributed by atoms with Gasteiger partial charge in [0.15, 0.2) is 0 Å². The van der Waals surface area contributed by atoms with Crippen molar-refractivity contribution in [1.29, 1.82) is 0 Å². The van der Waals surface area contributed by atoms with Crippen LogP contribution in [0.5, 0.6) is 0 Å². The minimum atomic E-state index is -0.443. The van der Waals surface area contributed by atoms with Gasteiger partial charge in [-0.3, -0.25) is 9.59 Å². The molecule has 2 aromatic carbocycles. The summed E-state index contributed by atoms with van der Waals surface area (Å²) in [6.45, 7) is 2.34. The summed E-state index contributed by atoms with van der Waals surface area (Å²) in [6, 6.07) is 16.3. The zero-order chi connectivity index (χ0) is 19.2. The molecule has 0 saturated carbocycles. The SMILES string of the molecule is CC(NC(=O)[C@@H]1CC[C@H](CN)O1)c1cccc(NC(=O)c2ccccc2)c1. The molecule has 1 heterocycles. The number of amides is 2. The van der Waals surface area contributed by atoms with Gasteiger partial charge in [-0.05, 0) is 49.6 Å². The lowest BCUT2D eigenvalue weighted by atomic mass is 10.1. The minimum Gasteiger partial charge on any atom is -0.364 e. The fourth-order valence-corrected chi connectivity index (χ4v) is 3.14. The van der Waals surface area contributed by atoms with Crippen LogP contribution in [0.4, 0.5) is 5.69 Å². The highest BCUT2D eigenvalue weighted by Crippen LogP contribution is 2.22. The van der Waals surface area contributed by atoms with Gasteiger partial charge in [0.25, 0.3) is 5.91 Å². The monoisotopic (exact) mass is 367 g/mol. The number of nitrogens with two attached hydrogens (primary N) is 1. The van der Waals surface area contributed by atoms with E-state index in [1.54, 1.807) is 12.1 Å². The first-order valence-electron chi connectivity index (χ1n) is 9.19. The van der Waals surface area contributed by atoms with Crippen molar-refractivity contribution in [2.45, 2.75) is 38.0 Å². The number of ether oxygens (including phenoxy) is 1. The fourth-order valence-electron chi connectivity index (χ4n) is 3.14. The van der Waals surface area contributed by atoms with Crippen LogP contribution in [0.15, 0.2) is 54.6 Å². The predicted molar refractivity (Wildman–Crippen MR) is 104 cm³/mol. The normalized spacial score (nSPS) is 20.1. The summed E-state index contributed by atoms with van der Waals surface area (Å²) in [7, 11) is 0. The average Bonchev–Trinajstić information content (AvgIpc) is 3.18. The van der Waals surface area contributed by atoms with Crippen LogP contribution < -0.4 is 16.4 Å². The van der Waals surface area contributed by atoms with Gasteiger partial charge in [-0.1, -0.05) is 30.3 Å². The highest BCUT2D eigenvalue weighted by Gasteiger charge is 2.30. The van der Waals surface area contributed by atoms with Crippen molar-refractivity contribution in [3.8, 4) is 0 Å². The number of hydrogen-bond acceptors (Lipinski definition) is 4. The van der Waals surface area contributed by atoms with Crippen molar-refractivity contribution in [3.63, 3.8) is 0 Å². The van der Waals surface area contributed by atoms with E-state index in [0.717, 1.165) is 12.0 Å². The summed E-state index contributed by atoms with van der Waals surface area (Å²) in [4.78, 5) is 24.7. The van der Waals surface area contributed by atoms with Crippen molar-refractivity contribution in [2.24, 2.45) is 5.73 Å². The Morgan fingerprint density at radius 1 is 1.15 bits per heavy atom. The summed E-state index contributed by atoms with van der Waals surface area (Å²) < 4.78 is 5.64. The molecule has 1 saturated heterocycles. The summed E-state index contributed by atoms with van der Waals surface area (Å²) in [5.41, 5.74) is 7.78. The molecule has 0 aromatic heterocycles. The predicted octanol–water partition coefficient (Wildman–Crippen LogP) is 2.62. The molecule has 2 amide bonds. The molecule has 0 spiro atoms. The molecule has 6 heteroatoms. The van der Waals surface area contributed by atoms with Crippen LogP contribution >= 0.6 is 0 Å². The largest absolute Gasteiger partial charge is 0.364 e. The number of carbonyl (C=O) groups is 2. The zero-order valence-corrected chi connectivity index (χ0v) is 15.4. The number of anilines is 1. The smallest absolute Gasteiger partial charge is 0.255 e. The van der Waals surface area contributed by atoms with E-state index >= 15 is 0 Å². The molecule has 1 fully saturated rings. The van der Waals surface area contributed by atoms with Crippen molar-refractivity contribution < 1.29 is 14.3 Å². The fraction of sp³-hybridized carbons (Fsp3) is 0.333. The Labute approximate surface area is 159 Å². The van der Waals surface area contributed by atoms with Crippen LogP contribution in [0.3, 0.4) is 0 Å². The second-order valence-corrected chi connectivity index (χ2v) is 6.74. The van der Waals surface area contributed by atoms with Crippen LogP contribution in [0, 0.1) is 0 Å². The van der Waals surface area contributed by atoms with Gasteiger partial charge in [0.05, 0.1) is 12.1 Å². The molecule has 0 radical (unpaired) electrons. The number of carbonyl (C=O) groups excluding carboxylic acids is 2. The Kier molecular flexibility index (Phi) is 6.21. The van der Waals surface area contributed by atoms with Gasteiger partial charge in [0.1, 0.15) is 6.10 Å². The lowest BCUT2D eigenvalue weighted by molar-refractivity contribution is -0.132. The van der Waals surface area contributed by atoms with Crippen molar-refractivity contribution in [1.82, 2.24) is 5.32 Å². The third-order valence-electron chi connectivity index (χ3n) is 4.70. The molecule has 0 bridgehead atoms.